The average molecular weight is 234 g/mol. The normalized spacial score (nSPS) is 14.5. The number of carbonyl (C=O) groups is 1. The Kier molecular flexibility index (Phi) is 3.24. The SMILES string of the molecule is CC(Cl)(Nc1ccc(Cl)cc1)C(=O)O. The summed E-state index contributed by atoms with van der Waals surface area (Å²) in [7, 11) is 0. The minimum atomic E-state index is -1.51. The van der Waals surface area contributed by atoms with Crippen molar-refractivity contribution in [2.75, 3.05) is 5.32 Å². The summed E-state index contributed by atoms with van der Waals surface area (Å²) < 4.78 is 0. The zero-order chi connectivity index (χ0) is 10.8. The quantitative estimate of drug-likeness (QED) is 0.624. The summed E-state index contributed by atoms with van der Waals surface area (Å²) in [6.07, 6.45) is 0. The summed E-state index contributed by atoms with van der Waals surface area (Å²) in [5, 5.41) is 12.0. The van der Waals surface area contributed by atoms with Gasteiger partial charge in [0.1, 0.15) is 0 Å². The molecule has 0 bridgehead atoms. The number of aliphatic carboxylic acids is 1. The van der Waals surface area contributed by atoms with Crippen LogP contribution in [0, 0.1) is 0 Å². The van der Waals surface area contributed by atoms with Crippen LogP contribution in [-0.2, 0) is 4.79 Å². The molecule has 0 saturated carbocycles. The van der Waals surface area contributed by atoms with Gasteiger partial charge in [0, 0.05) is 10.7 Å². The third-order valence-electron chi connectivity index (χ3n) is 1.62. The standard InChI is InChI=1S/C9H9Cl2NO2/c1-9(11,8(13)14)12-7-4-2-6(10)3-5-7/h2-5,12H,1H3,(H,13,14). The first-order valence-electron chi connectivity index (χ1n) is 3.88. The Morgan fingerprint density at radius 3 is 2.36 bits per heavy atom. The van der Waals surface area contributed by atoms with Gasteiger partial charge in [0.25, 0.3) is 0 Å². The van der Waals surface area contributed by atoms with Gasteiger partial charge < -0.3 is 10.4 Å². The Morgan fingerprint density at radius 1 is 1.43 bits per heavy atom. The van der Waals surface area contributed by atoms with Gasteiger partial charge in [-0.25, -0.2) is 4.79 Å². The molecule has 0 fully saturated rings. The van der Waals surface area contributed by atoms with Crippen molar-refractivity contribution >= 4 is 34.9 Å². The van der Waals surface area contributed by atoms with E-state index in [2.05, 4.69) is 5.32 Å². The van der Waals surface area contributed by atoms with Gasteiger partial charge in [-0.05, 0) is 31.2 Å². The molecule has 0 heterocycles. The third kappa shape index (κ3) is 2.79. The molecule has 1 atom stereocenters. The Balaban J connectivity index is 2.79. The molecule has 2 N–H and O–H groups in total. The molecule has 1 unspecified atom stereocenters. The third-order valence-corrected chi connectivity index (χ3v) is 2.13. The van der Waals surface area contributed by atoms with E-state index >= 15 is 0 Å². The van der Waals surface area contributed by atoms with E-state index in [1.165, 1.54) is 6.92 Å². The highest BCUT2D eigenvalue weighted by Crippen LogP contribution is 2.20. The Morgan fingerprint density at radius 2 is 1.93 bits per heavy atom. The van der Waals surface area contributed by atoms with Crippen LogP contribution >= 0.6 is 23.2 Å². The highest BCUT2D eigenvalue weighted by atomic mass is 35.5. The van der Waals surface area contributed by atoms with E-state index in [0.29, 0.717) is 10.7 Å². The molecule has 1 aromatic carbocycles. The number of benzene rings is 1. The van der Waals surface area contributed by atoms with Crippen molar-refractivity contribution in [2.45, 2.75) is 11.9 Å². The maximum atomic E-state index is 10.7. The molecular weight excluding hydrogens is 225 g/mol. The lowest BCUT2D eigenvalue weighted by Crippen LogP contribution is -2.37. The van der Waals surface area contributed by atoms with Gasteiger partial charge in [0.2, 0.25) is 5.00 Å². The fourth-order valence-electron chi connectivity index (χ4n) is 0.858. The molecule has 0 aromatic heterocycles. The molecule has 0 aliphatic heterocycles. The fraction of sp³-hybridized carbons (Fsp3) is 0.222. The largest absolute Gasteiger partial charge is 0.479 e. The van der Waals surface area contributed by atoms with Gasteiger partial charge in [0.15, 0.2) is 0 Å². The summed E-state index contributed by atoms with van der Waals surface area (Å²) in [5.41, 5.74) is 0.606. The van der Waals surface area contributed by atoms with E-state index in [-0.39, 0.29) is 0 Å². The predicted molar refractivity (Wildman–Crippen MR) is 57.0 cm³/mol. The number of halogens is 2. The van der Waals surface area contributed by atoms with Crippen LogP contribution in [0.4, 0.5) is 5.69 Å². The van der Waals surface area contributed by atoms with Gasteiger partial charge in [-0.2, -0.15) is 0 Å². The molecule has 1 rings (SSSR count). The van der Waals surface area contributed by atoms with Gasteiger partial charge in [-0.3, -0.25) is 0 Å². The Hall–Kier alpha value is -0.930. The highest BCUT2D eigenvalue weighted by Gasteiger charge is 2.29. The zero-order valence-electron chi connectivity index (χ0n) is 7.42. The number of rotatable bonds is 3. The van der Waals surface area contributed by atoms with Crippen LogP contribution in [0.3, 0.4) is 0 Å². The van der Waals surface area contributed by atoms with E-state index in [1.807, 2.05) is 0 Å². The monoisotopic (exact) mass is 233 g/mol. The highest BCUT2D eigenvalue weighted by molar-refractivity contribution is 6.34. The second kappa shape index (κ2) is 4.07. The summed E-state index contributed by atoms with van der Waals surface area (Å²) in [5.74, 6) is -1.13. The van der Waals surface area contributed by atoms with Crippen molar-refractivity contribution in [3.8, 4) is 0 Å². The van der Waals surface area contributed by atoms with Crippen LogP contribution in [0.2, 0.25) is 5.02 Å². The maximum absolute atomic E-state index is 10.7. The van der Waals surface area contributed by atoms with Crippen LogP contribution in [0.1, 0.15) is 6.92 Å². The first-order valence-corrected chi connectivity index (χ1v) is 4.63. The number of nitrogens with one attached hydrogen (secondary N) is 1. The first-order chi connectivity index (χ1) is 6.42. The zero-order valence-corrected chi connectivity index (χ0v) is 8.93. The summed E-state index contributed by atoms with van der Waals surface area (Å²) in [6, 6.07) is 6.62. The van der Waals surface area contributed by atoms with Crippen LogP contribution in [0.25, 0.3) is 0 Å². The summed E-state index contributed by atoms with van der Waals surface area (Å²) in [4.78, 5) is 9.17. The lowest BCUT2D eigenvalue weighted by atomic mass is 10.2. The topological polar surface area (TPSA) is 49.3 Å². The van der Waals surface area contributed by atoms with E-state index in [9.17, 15) is 4.79 Å². The molecule has 0 aliphatic carbocycles. The van der Waals surface area contributed by atoms with Crippen molar-refractivity contribution in [1.82, 2.24) is 0 Å². The summed E-state index contributed by atoms with van der Waals surface area (Å²) in [6.45, 7) is 1.37. The second-order valence-electron chi connectivity index (χ2n) is 2.94. The molecule has 14 heavy (non-hydrogen) atoms. The van der Waals surface area contributed by atoms with Gasteiger partial charge in [-0.1, -0.05) is 23.2 Å². The fourth-order valence-corrected chi connectivity index (χ4v) is 1.09. The lowest BCUT2D eigenvalue weighted by molar-refractivity contribution is -0.138. The van der Waals surface area contributed by atoms with Gasteiger partial charge >= 0.3 is 5.97 Å². The smallest absolute Gasteiger partial charge is 0.344 e. The van der Waals surface area contributed by atoms with Crippen LogP contribution in [0.15, 0.2) is 24.3 Å². The minimum absolute atomic E-state index is 0.585. The van der Waals surface area contributed by atoms with E-state index in [1.54, 1.807) is 24.3 Å². The van der Waals surface area contributed by atoms with Crippen molar-refractivity contribution in [3.05, 3.63) is 29.3 Å². The van der Waals surface area contributed by atoms with Gasteiger partial charge in [0.05, 0.1) is 0 Å². The average Bonchev–Trinajstić information content (AvgIpc) is 2.08. The van der Waals surface area contributed by atoms with Crippen molar-refractivity contribution in [3.63, 3.8) is 0 Å². The summed E-state index contributed by atoms with van der Waals surface area (Å²) >= 11 is 11.4. The molecule has 0 saturated heterocycles. The number of hydrogen-bond acceptors (Lipinski definition) is 2. The lowest BCUT2D eigenvalue weighted by Gasteiger charge is -2.19. The molecule has 76 valence electrons. The van der Waals surface area contributed by atoms with E-state index in [0.717, 1.165) is 0 Å². The number of carboxylic acid groups (broad SMARTS) is 1. The maximum Gasteiger partial charge on any atom is 0.344 e. The minimum Gasteiger partial charge on any atom is -0.479 e. The van der Waals surface area contributed by atoms with Crippen molar-refractivity contribution in [2.24, 2.45) is 0 Å². The van der Waals surface area contributed by atoms with Crippen molar-refractivity contribution in [1.29, 1.82) is 0 Å². The molecule has 0 aliphatic rings. The van der Waals surface area contributed by atoms with Crippen molar-refractivity contribution < 1.29 is 9.90 Å². The van der Waals surface area contributed by atoms with Crippen LogP contribution < -0.4 is 5.32 Å². The second-order valence-corrected chi connectivity index (χ2v) is 4.13. The number of anilines is 1. The predicted octanol–water partition coefficient (Wildman–Crippen LogP) is 2.79. The molecule has 1 aromatic rings. The molecule has 0 spiro atoms. The number of alkyl halides is 1. The van der Waals surface area contributed by atoms with E-state index < -0.39 is 11.0 Å². The van der Waals surface area contributed by atoms with Crippen LogP contribution in [-0.4, -0.2) is 16.1 Å². The number of carboxylic acids is 1. The first kappa shape index (κ1) is 11.1. The molecule has 0 amide bonds. The van der Waals surface area contributed by atoms with Gasteiger partial charge in [-0.15, -0.1) is 0 Å². The molecule has 3 nitrogen and oxygen atoms in total. The molecule has 0 radical (unpaired) electrons. The Bertz CT molecular complexity index is 335. The Labute approximate surface area is 91.6 Å². The van der Waals surface area contributed by atoms with Crippen LogP contribution in [0.5, 0.6) is 0 Å². The molecule has 5 heteroatoms. The number of hydrogen-bond donors (Lipinski definition) is 2. The molecular formula is C9H9Cl2NO2. The van der Waals surface area contributed by atoms with E-state index in [4.69, 9.17) is 28.3 Å².